The van der Waals surface area contributed by atoms with Crippen LogP contribution >= 0.6 is 0 Å². The molecule has 9 heteroatoms. The van der Waals surface area contributed by atoms with Crippen molar-refractivity contribution < 1.29 is 22.7 Å². The molecule has 0 atom stereocenters. The summed E-state index contributed by atoms with van der Waals surface area (Å²) in [6, 6.07) is 16.1. The average Bonchev–Trinajstić information content (AvgIpc) is 3.18. The van der Waals surface area contributed by atoms with E-state index in [1.165, 1.54) is 18.4 Å². The van der Waals surface area contributed by atoms with Gasteiger partial charge in [-0.05, 0) is 60.2 Å². The van der Waals surface area contributed by atoms with Gasteiger partial charge >= 0.3 is 5.97 Å². The van der Waals surface area contributed by atoms with Gasteiger partial charge in [0.1, 0.15) is 17.3 Å². The van der Waals surface area contributed by atoms with Crippen molar-refractivity contribution >= 4 is 37.8 Å². The van der Waals surface area contributed by atoms with E-state index in [0.717, 1.165) is 22.0 Å². The third kappa shape index (κ3) is 4.62. The molecule has 4 rings (SSSR count). The Morgan fingerprint density at radius 2 is 1.71 bits per heavy atom. The first-order valence-corrected chi connectivity index (χ1v) is 12.4. The minimum atomic E-state index is -3.56. The number of carbonyl (C=O) groups excluding carboxylic acids is 1. The monoisotopic (exact) mass is 481 g/mol. The quantitative estimate of drug-likeness (QED) is 0.279. The van der Waals surface area contributed by atoms with Crippen LogP contribution in [0, 0.1) is 0 Å². The Bertz CT molecular complexity index is 1470. The first kappa shape index (κ1) is 23.7. The number of methoxy groups -OCH3 is 1. The Kier molecular flexibility index (Phi) is 6.58. The second-order valence-electron chi connectivity index (χ2n) is 8.06. The zero-order valence-electron chi connectivity index (χ0n) is 19.6. The number of carbonyl (C=O) groups is 1. The van der Waals surface area contributed by atoms with Gasteiger partial charge in [0.25, 0.3) is 0 Å². The topological polar surface area (TPSA) is 90.7 Å². The van der Waals surface area contributed by atoms with E-state index in [1.807, 2.05) is 41.8 Å². The van der Waals surface area contributed by atoms with Gasteiger partial charge in [0.2, 0.25) is 10.0 Å². The number of nitrogens with zero attached hydrogens (tertiary/aromatic N) is 3. The van der Waals surface area contributed by atoms with Gasteiger partial charge in [-0.25, -0.2) is 17.7 Å². The third-order valence-electron chi connectivity index (χ3n) is 5.70. The number of aryl methyl sites for hydroxylation is 2. The Balaban J connectivity index is 1.51. The number of rotatable bonds is 8. The molecule has 0 unspecified atom stereocenters. The number of benzene rings is 3. The lowest BCUT2D eigenvalue weighted by molar-refractivity contribution is -0.134. The van der Waals surface area contributed by atoms with E-state index in [4.69, 9.17) is 9.47 Å². The summed E-state index contributed by atoms with van der Waals surface area (Å²) in [5.74, 6) is 1.54. The van der Waals surface area contributed by atoms with Gasteiger partial charge in [-0.15, -0.1) is 0 Å². The van der Waals surface area contributed by atoms with Crippen LogP contribution in [0.25, 0.3) is 21.8 Å². The van der Waals surface area contributed by atoms with E-state index < -0.39 is 10.0 Å². The van der Waals surface area contributed by atoms with E-state index in [0.29, 0.717) is 30.1 Å². The third-order valence-corrected chi connectivity index (χ3v) is 7.51. The van der Waals surface area contributed by atoms with Crippen LogP contribution in [0.1, 0.15) is 19.2 Å². The molecule has 34 heavy (non-hydrogen) atoms. The number of imidazole rings is 1. The van der Waals surface area contributed by atoms with Crippen molar-refractivity contribution in [2.75, 3.05) is 21.2 Å². The Hall–Kier alpha value is -3.43. The summed E-state index contributed by atoms with van der Waals surface area (Å²) in [4.78, 5) is 17.4. The molecule has 0 aliphatic rings. The molecule has 0 amide bonds. The van der Waals surface area contributed by atoms with E-state index >= 15 is 0 Å². The molecule has 0 aliphatic heterocycles. The van der Waals surface area contributed by atoms with E-state index in [-0.39, 0.29) is 17.3 Å². The predicted molar refractivity (Wildman–Crippen MR) is 131 cm³/mol. The number of esters is 1. The van der Waals surface area contributed by atoms with Crippen LogP contribution in [0.4, 0.5) is 0 Å². The summed E-state index contributed by atoms with van der Waals surface area (Å²) in [6.07, 6.45) is 0.515. The van der Waals surface area contributed by atoms with Crippen LogP contribution < -0.4 is 9.47 Å². The van der Waals surface area contributed by atoms with Crippen LogP contribution in [0.2, 0.25) is 0 Å². The number of hydrogen-bond acceptors (Lipinski definition) is 6. The van der Waals surface area contributed by atoms with Crippen molar-refractivity contribution in [2.45, 2.75) is 31.2 Å². The molecular weight excluding hydrogens is 454 g/mol. The molecule has 178 valence electrons. The molecule has 0 radical (unpaired) electrons. The number of aromatic nitrogens is 2. The van der Waals surface area contributed by atoms with Gasteiger partial charge in [-0.2, -0.15) is 0 Å². The second kappa shape index (κ2) is 9.44. The Morgan fingerprint density at radius 3 is 2.38 bits per heavy atom. The maximum atomic E-state index is 12.6. The minimum absolute atomic E-state index is 0.141. The summed E-state index contributed by atoms with van der Waals surface area (Å²) in [7, 11) is 1.04. The van der Waals surface area contributed by atoms with Crippen LogP contribution in [-0.4, -0.2) is 49.4 Å². The summed E-state index contributed by atoms with van der Waals surface area (Å²) in [5.41, 5.74) is 1.41. The average molecular weight is 482 g/mol. The van der Waals surface area contributed by atoms with E-state index in [1.54, 1.807) is 31.4 Å². The van der Waals surface area contributed by atoms with Crippen molar-refractivity contribution in [3.8, 4) is 11.5 Å². The maximum Gasteiger partial charge on any atom is 0.311 e. The van der Waals surface area contributed by atoms with Crippen LogP contribution in [-0.2, 0) is 27.8 Å². The summed E-state index contributed by atoms with van der Waals surface area (Å²) in [6.45, 7) is 2.63. The fourth-order valence-corrected chi connectivity index (χ4v) is 4.79. The van der Waals surface area contributed by atoms with Crippen LogP contribution in [0.5, 0.6) is 11.5 Å². The molecule has 1 aromatic heterocycles. The minimum Gasteiger partial charge on any atom is -0.497 e. The van der Waals surface area contributed by atoms with Crippen molar-refractivity contribution in [1.29, 1.82) is 0 Å². The summed E-state index contributed by atoms with van der Waals surface area (Å²) < 4.78 is 38.9. The molecule has 0 bridgehead atoms. The highest BCUT2D eigenvalue weighted by Crippen LogP contribution is 2.26. The molecule has 0 fully saturated rings. The zero-order valence-corrected chi connectivity index (χ0v) is 20.4. The molecule has 0 N–H and O–H groups in total. The molecule has 0 saturated heterocycles. The van der Waals surface area contributed by atoms with E-state index in [2.05, 4.69) is 4.98 Å². The lowest BCUT2D eigenvalue weighted by atomic mass is 10.1. The van der Waals surface area contributed by atoms with Gasteiger partial charge < -0.3 is 14.0 Å². The molecule has 0 aliphatic carbocycles. The van der Waals surface area contributed by atoms with Crippen LogP contribution in [0.3, 0.4) is 0 Å². The van der Waals surface area contributed by atoms with Gasteiger partial charge in [0, 0.05) is 27.1 Å². The number of sulfonamides is 1. The maximum absolute atomic E-state index is 12.6. The first-order chi connectivity index (χ1) is 16.2. The standard InChI is InChI=1S/C25H27N3O5S/c1-5-28-23-11-10-21(34(30,31)27(2)3)16-22(23)26-24(28)12-13-25(29)33-20-9-7-17-6-8-19(32-4)14-18(17)15-20/h6-11,14-16H,5,12-13H2,1-4H3. The van der Waals surface area contributed by atoms with Gasteiger partial charge in [-0.1, -0.05) is 12.1 Å². The van der Waals surface area contributed by atoms with Gasteiger partial charge in [0.05, 0.1) is 29.5 Å². The SMILES string of the molecule is CCn1c(CCC(=O)Oc2ccc3ccc(OC)cc3c2)nc2cc(S(=O)(=O)N(C)C)ccc21. The van der Waals surface area contributed by atoms with Gasteiger partial charge in [-0.3, -0.25) is 4.79 Å². The van der Waals surface area contributed by atoms with E-state index in [9.17, 15) is 13.2 Å². The van der Waals surface area contributed by atoms with Crippen molar-refractivity contribution in [3.63, 3.8) is 0 Å². The first-order valence-electron chi connectivity index (χ1n) is 10.9. The fraction of sp³-hybridized carbons (Fsp3) is 0.280. The summed E-state index contributed by atoms with van der Waals surface area (Å²) >= 11 is 0. The highest BCUT2D eigenvalue weighted by Gasteiger charge is 2.20. The number of hydrogen-bond donors (Lipinski definition) is 0. The Morgan fingerprint density at radius 1 is 1.00 bits per heavy atom. The molecule has 8 nitrogen and oxygen atoms in total. The molecule has 4 aromatic rings. The molecule has 0 saturated carbocycles. The lowest BCUT2D eigenvalue weighted by Gasteiger charge is -2.11. The largest absolute Gasteiger partial charge is 0.497 e. The molecular formula is C25H27N3O5S. The lowest BCUT2D eigenvalue weighted by Crippen LogP contribution is -2.22. The molecule has 0 spiro atoms. The van der Waals surface area contributed by atoms with Crippen molar-refractivity contribution in [3.05, 3.63) is 60.4 Å². The molecule has 3 aromatic carbocycles. The highest BCUT2D eigenvalue weighted by atomic mass is 32.2. The normalized spacial score (nSPS) is 11.9. The fourth-order valence-electron chi connectivity index (χ4n) is 3.86. The molecule has 1 heterocycles. The van der Waals surface area contributed by atoms with Crippen molar-refractivity contribution in [2.24, 2.45) is 0 Å². The van der Waals surface area contributed by atoms with Crippen LogP contribution in [0.15, 0.2) is 59.5 Å². The highest BCUT2D eigenvalue weighted by molar-refractivity contribution is 7.89. The summed E-state index contributed by atoms with van der Waals surface area (Å²) in [5, 5.41) is 1.94. The zero-order chi connectivity index (χ0) is 24.5. The van der Waals surface area contributed by atoms with Gasteiger partial charge in [0.15, 0.2) is 0 Å². The predicted octanol–water partition coefficient (Wildman–Crippen LogP) is 4.01. The Labute approximate surface area is 198 Å². The number of fused-ring (bicyclic) bond motifs is 2. The smallest absolute Gasteiger partial charge is 0.311 e. The number of ether oxygens (including phenoxy) is 2. The second-order valence-corrected chi connectivity index (χ2v) is 10.2. The van der Waals surface area contributed by atoms with Crippen molar-refractivity contribution in [1.82, 2.24) is 13.9 Å².